The molecule has 4 fully saturated rings. The Labute approximate surface area is 173 Å². The topological polar surface area (TPSA) is 57.5 Å². The van der Waals surface area contributed by atoms with Crippen LogP contribution < -0.4 is 0 Å². The van der Waals surface area contributed by atoms with Gasteiger partial charge in [0.05, 0.1) is 0 Å². The summed E-state index contributed by atoms with van der Waals surface area (Å²) in [6.07, 6.45) is 9.58. The van der Waals surface area contributed by atoms with E-state index in [1.807, 2.05) is 27.7 Å². The van der Waals surface area contributed by atoms with Crippen molar-refractivity contribution in [1.29, 1.82) is 0 Å². The summed E-state index contributed by atoms with van der Waals surface area (Å²) in [4.78, 5) is 12.0. The maximum absolute atomic E-state index is 12.0. The van der Waals surface area contributed by atoms with Crippen LogP contribution in [0.25, 0.3) is 0 Å². The molecule has 4 aliphatic carbocycles. The maximum Gasteiger partial charge on any atom is 0.163 e. The molecule has 4 aliphatic rings. The second-order valence-corrected chi connectivity index (χ2v) is 10.2. The number of rotatable bonds is 1. The highest BCUT2D eigenvalue weighted by Crippen LogP contribution is 2.68. The predicted octanol–water partition coefficient (Wildman–Crippen LogP) is 5.97. The number of carbonyl (C=O) groups excluding carboxylic acids is 1. The van der Waals surface area contributed by atoms with Crippen molar-refractivity contribution in [3.63, 3.8) is 0 Å². The van der Waals surface area contributed by atoms with Gasteiger partial charge in [-0.05, 0) is 86.4 Å². The first kappa shape index (κ1) is 23.9. The van der Waals surface area contributed by atoms with Gasteiger partial charge in [-0.25, -0.2) is 0 Å². The lowest BCUT2D eigenvalue weighted by molar-refractivity contribution is -0.221. The van der Waals surface area contributed by atoms with Crippen LogP contribution in [0, 0.1) is 40.4 Å². The molecule has 0 aromatic rings. The molecule has 0 aromatic heterocycles. The minimum absolute atomic E-state index is 0.00872. The van der Waals surface area contributed by atoms with Gasteiger partial charge >= 0.3 is 0 Å². The number of ketones is 1. The van der Waals surface area contributed by atoms with Crippen molar-refractivity contribution in [1.82, 2.24) is 0 Å². The van der Waals surface area contributed by atoms with Gasteiger partial charge in [-0.3, -0.25) is 4.79 Å². The van der Waals surface area contributed by atoms with Gasteiger partial charge in [0, 0.05) is 18.8 Å². The van der Waals surface area contributed by atoms with E-state index in [0.29, 0.717) is 23.0 Å². The third-order valence-electron chi connectivity index (χ3n) is 9.14. The van der Waals surface area contributed by atoms with Crippen LogP contribution in [0.5, 0.6) is 0 Å². The second-order valence-electron chi connectivity index (χ2n) is 10.2. The number of aliphatic hydroxyl groups is 2. The highest BCUT2D eigenvalue weighted by Gasteiger charge is 2.62. The van der Waals surface area contributed by atoms with E-state index in [9.17, 15) is 15.0 Å². The van der Waals surface area contributed by atoms with E-state index in [0.717, 1.165) is 50.4 Å². The highest BCUT2D eigenvalue weighted by molar-refractivity contribution is 5.79. The molecule has 3 unspecified atom stereocenters. The summed E-state index contributed by atoms with van der Waals surface area (Å²) in [5.74, 6) is 1.64. The minimum Gasteiger partial charge on any atom is -0.366 e. The molecule has 4 saturated carbocycles. The van der Waals surface area contributed by atoms with Gasteiger partial charge in [0.25, 0.3) is 0 Å². The summed E-state index contributed by atoms with van der Waals surface area (Å²) in [5.41, 5.74) is 0.422. The van der Waals surface area contributed by atoms with Crippen LogP contribution in [0.15, 0.2) is 0 Å². The van der Waals surface area contributed by atoms with Crippen LogP contribution in [0.2, 0.25) is 0 Å². The van der Waals surface area contributed by atoms with Crippen molar-refractivity contribution in [2.45, 2.75) is 112 Å². The van der Waals surface area contributed by atoms with Gasteiger partial charge in [0.15, 0.2) is 5.79 Å². The van der Waals surface area contributed by atoms with Gasteiger partial charge in [0.1, 0.15) is 5.78 Å². The first-order valence-electron chi connectivity index (χ1n) is 12.1. The van der Waals surface area contributed by atoms with Crippen LogP contribution in [0.4, 0.5) is 0 Å². The number of carbonyl (C=O) groups is 1. The van der Waals surface area contributed by atoms with E-state index in [-0.39, 0.29) is 11.3 Å². The molecule has 28 heavy (non-hydrogen) atoms. The first-order chi connectivity index (χ1) is 13.2. The van der Waals surface area contributed by atoms with E-state index in [1.165, 1.54) is 19.3 Å². The molecule has 0 spiro atoms. The summed E-state index contributed by atoms with van der Waals surface area (Å²) in [7, 11) is 0. The van der Waals surface area contributed by atoms with Gasteiger partial charge in [-0.15, -0.1) is 0 Å². The average molecular weight is 395 g/mol. The molecule has 7 atom stereocenters. The van der Waals surface area contributed by atoms with Crippen molar-refractivity contribution in [3.05, 3.63) is 0 Å². The summed E-state index contributed by atoms with van der Waals surface area (Å²) in [6, 6.07) is 0. The Hall–Kier alpha value is -0.410. The van der Waals surface area contributed by atoms with Crippen molar-refractivity contribution in [3.8, 4) is 0 Å². The van der Waals surface area contributed by atoms with Crippen molar-refractivity contribution in [2.75, 3.05) is 0 Å². The average Bonchev–Trinajstić information content (AvgIpc) is 3.03. The van der Waals surface area contributed by atoms with Crippen molar-refractivity contribution >= 4 is 5.78 Å². The molecule has 0 bridgehead atoms. The van der Waals surface area contributed by atoms with E-state index < -0.39 is 5.79 Å². The fourth-order valence-corrected chi connectivity index (χ4v) is 7.94. The summed E-state index contributed by atoms with van der Waals surface area (Å²) in [6.45, 7) is 14.4. The predicted molar refractivity (Wildman–Crippen MR) is 116 cm³/mol. The Balaban J connectivity index is 0.000000660. The zero-order chi connectivity index (χ0) is 21.3. The van der Waals surface area contributed by atoms with Gasteiger partial charge in [-0.1, -0.05) is 41.5 Å². The third kappa shape index (κ3) is 3.83. The Morgan fingerprint density at radius 1 is 0.857 bits per heavy atom. The van der Waals surface area contributed by atoms with E-state index >= 15 is 0 Å². The molecule has 3 heteroatoms. The first-order valence-corrected chi connectivity index (χ1v) is 12.1. The molecule has 4 rings (SSSR count). The minimum atomic E-state index is -1.55. The molecule has 0 heterocycles. The molecule has 0 saturated heterocycles. The van der Waals surface area contributed by atoms with Crippen molar-refractivity contribution in [2.24, 2.45) is 40.4 Å². The molecule has 0 amide bonds. The van der Waals surface area contributed by atoms with Crippen LogP contribution in [0.3, 0.4) is 0 Å². The number of fused-ring (bicyclic) bond motifs is 5. The smallest absolute Gasteiger partial charge is 0.163 e. The largest absolute Gasteiger partial charge is 0.366 e. The normalized spacial score (nSPS) is 44.8. The summed E-state index contributed by atoms with van der Waals surface area (Å²) in [5, 5.41) is 20.6. The van der Waals surface area contributed by atoms with Gasteiger partial charge < -0.3 is 10.2 Å². The number of Topliss-reactive ketones (excluding diaryl/α,β-unsaturated/α-hetero) is 1. The molecular weight excluding hydrogens is 348 g/mol. The zero-order valence-electron chi connectivity index (χ0n) is 19.6. The highest BCUT2D eigenvalue weighted by atomic mass is 16.5. The Morgan fingerprint density at radius 2 is 1.46 bits per heavy atom. The molecule has 2 N–H and O–H groups in total. The third-order valence-corrected chi connectivity index (χ3v) is 9.14. The van der Waals surface area contributed by atoms with Crippen molar-refractivity contribution < 1.29 is 15.0 Å². The van der Waals surface area contributed by atoms with Crippen LogP contribution >= 0.6 is 0 Å². The standard InChI is InChI=1S/C21H34O3.2C2H6/c1-19-10-8-14(22)12-13(19)4-5-15-16-6-7-18(21(3,23)24)20(16,2)11-9-17(15)19;2*1-2/h13,15-18,23-24H,4-12H2,1-3H3;2*1-2H3/t13-,15?,16?,17?,18-,19-,20-;;/m0../s1. The molecule has 0 aliphatic heterocycles. The van der Waals surface area contributed by atoms with Crippen LogP contribution in [-0.4, -0.2) is 21.8 Å². The lowest BCUT2D eigenvalue weighted by Crippen LogP contribution is -2.55. The maximum atomic E-state index is 12.0. The molecule has 164 valence electrons. The fraction of sp³-hybridized carbons (Fsp3) is 0.960. The van der Waals surface area contributed by atoms with Gasteiger partial charge in [0.2, 0.25) is 0 Å². The lowest BCUT2D eigenvalue weighted by Gasteiger charge is -2.60. The SMILES string of the molecule is CC.CC.CC(O)(O)[C@H]1CCC2C3CC[C@H]4CC(=O)CC[C@]4(C)C3CC[C@@]21C. The Kier molecular flexibility index (Phi) is 7.46. The summed E-state index contributed by atoms with van der Waals surface area (Å²) < 4.78 is 0. The summed E-state index contributed by atoms with van der Waals surface area (Å²) >= 11 is 0. The molecular formula is C25H46O3. The second kappa shape index (κ2) is 8.76. The van der Waals surface area contributed by atoms with Crippen LogP contribution in [0.1, 0.15) is 106 Å². The Bertz CT molecular complexity index is 536. The van der Waals surface area contributed by atoms with Crippen LogP contribution in [-0.2, 0) is 4.79 Å². The lowest BCUT2D eigenvalue weighted by atomic mass is 9.44. The fourth-order valence-electron chi connectivity index (χ4n) is 7.94. The zero-order valence-corrected chi connectivity index (χ0v) is 19.6. The molecule has 3 nitrogen and oxygen atoms in total. The van der Waals surface area contributed by atoms with Gasteiger partial charge in [-0.2, -0.15) is 0 Å². The van der Waals surface area contributed by atoms with E-state index in [4.69, 9.17) is 0 Å². The van der Waals surface area contributed by atoms with E-state index in [2.05, 4.69) is 13.8 Å². The number of hydrogen-bond acceptors (Lipinski definition) is 3. The quantitative estimate of drug-likeness (QED) is 0.539. The molecule has 0 aromatic carbocycles. The monoisotopic (exact) mass is 394 g/mol. The number of hydrogen-bond donors (Lipinski definition) is 2. The molecule has 0 radical (unpaired) electrons. The van der Waals surface area contributed by atoms with E-state index in [1.54, 1.807) is 6.92 Å². The Morgan fingerprint density at radius 3 is 2.07 bits per heavy atom.